The van der Waals surface area contributed by atoms with Crippen molar-refractivity contribution in [3.05, 3.63) is 21.6 Å². The number of nitrogens with zero attached hydrogens (tertiary/aromatic N) is 2. The summed E-state index contributed by atoms with van der Waals surface area (Å²) in [6, 6.07) is 0. The van der Waals surface area contributed by atoms with Crippen molar-refractivity contribution in [2.45, 2.75) is 45.3 Å². The fraction of sp³-hybridized carbons (Fsp3) is 0.692. The van der Waals surface area contributed by atoms with E-state index < -0.39 is 0 Å². The maximum Gasteiger partial charge on any atom is 0.287 e. The van der Waals surface area contributed by atoms with E-state index in [2.05, 4.69) is 10.4 Å². The van der Waals surface area contributed by atoms with Crippen molar-refractivity contribution >= 4 is 17.3 Å². The maximum atomic E-state index is 11.9. The van der Waals surface area contributed by atoms with Crippen LogP contribution in [0.5, 0.6) is 0 Å². The zero-order valence-electron chi connectivity index (χ0n) is 11.2. The van der Waals surface area contributed by atoms with Gasteiger partial charge in [-0.25, -0.2) is 4.68 Å². The van der Waals surface area contributed by atoms with Crippen LogP contribution in [-0.2, 0) is 11.3 Å². The highest BCUT2D eigenvalue weighted by Gasteiger charge is 2.15. The molecule has 1 fully saturated rings. The second-order valence-corrected chi connectivity index (χ2v) is 5.13. The minimum absolute atomic E-state index is 0.218. The summed E-state index contributed by atoms with van der Waals surface area (Å²) < 4.78 is 6.94. The van der Waals surface area contributed by atoms with Crippen molar-refractivity contribution in [2.75, 3.05) is 18.5 Å². The minimum Gasteiger partial charge on any atom is -0.382 e. The summed E-state index contributed by atoms with van der Waals surface area (Å²) in [7, 11) is 0. The van der Waals surface area contributed by atoms with Crippen LogP contribution >= 0.6 is 11.6 Å². The highest BCUT2D eigenvalue weighted by molar-refractivity contribution is 6.32. The van der Waals surface area contributed by atoms with Gasteiger partial charge in [-0.2, -0.15) is 5.10 Å². The Balaban J connectivity index is 1.92. The van der Waals surface area contributed by atoms with Crippen LogP contribution in [0.15, 0.2) is 11.0 Å². The summed E-state index contributed by atoms with van der Waals surface area (Å²) in [6.45, 7) is 4.19. The Bertz CT molecular complexity index is 469. The highest BCUT2D eigenvalue weighted by atomic mass is 35.5. The Labute approximate surface area is 117 Å². The monoisotopic (exact) mass is 285 g/mol. The molecule has 1 saturated heterocycles. The Morgan fingerprint density at radius 2 is 2.47 bits per heavy atom. The minimum atomic E-state index is -0.231. The zero-order chi connectivity index (χ0) is 13.7. The van der Waals surface area contributed by atoms with E-state index in [1.54, 1.807) is 6.20 Å². The van der Waals surface area contributed by atoms with E-state index >= 15 is 0 Å². The molecule has 0 amide bonds. The number of rotatable bonds is 6. The van der Waals surface area contributed by atoms with E-state index in [-0.39, 0.29) is 10.6 Å². The third-order valence-electron chi connectivity index (χ3n) is 3.23. The molecule has 106 valence electrons. The van der Waals surface area contributed by atoms with Crippen LogP contribution in [0.4, 0.5) is 5.69 Å². The van der Waals surface area contributed by atoms with Crippen molar-refractivity contribution in [1.82, 2.24) is 9.78 Å². The van der Waals surface area contributed by atoms with Crippen LogP contribution in [0.2, 0.25) is 5.02 Å². The van der Waals surface area contributed by atoms with E-state index in [0.29, 0.717) is 18.3 Å². The van der Waals surface area contributed by atoms with Gasteiger partial charge in [0.1, 0.15) is 5.02 Å². The Morgan fingerprint density at radius 1 is 1.63 bits per heavy atom. The van der Waals surface area contributed by atoms with Crippen LogP contribution in [0.25, 0.3) is 0 Å². The number of halogens is 1. The van der Waals surface area contributed by atoms with Crippen molar-refractivity contribution in [3.8, 4) is 0 Å². The molecule has 0 radical (unpaired) electrons. The van der Waals surface area contributed by atoms with Crippen molar-refractivity contribution in [2.24, 2.45) is 0 Å². The standard InChI is InChI=1S/C13H20ClN3O2/c1-2-7-17-13(18)12(14)11(9-16-17)15-6-5-10-4-3-8-19-10/h9-10,15H,2-8H2,1H3. The van der Waals surface area contributed by atoms with Gasteiger partial charge in [-0.15, -0.1) is 0 Å². The molecule has 1 unspecified atom stereocenters. The smallest absolute Gasteiger partial charge is 0.287 e. The molecule has 0 spiro atoms. The van der Waals surface area contributed by atoms with Gasteiger partial charge in [0.15, 0.2) is 0 Å². The third-order valence-corrected chi connectivity index (χ3v) is 3.59. The molecule has 0 aromatic carbocycles. The fourth-order valence-corrected chi connectivity index (χ4v) is 2.41. The molecule has 1 N–H and O–H groups in total. The van der Waals surface area contributed by atoms with Crippen molar-refractivity contribution < 1.29 is 4.74 Å². The van der Waals surface area contributed by atoms with Crippen molar-refractivity contribution in [3.63, 3.8) is 0 Å². The van der Waals surface area contributed by atoms with Gasteiger partial charge < -0.3 is 10.1 Å². The molecule has 1 aliphatic rings. The summed E-state index contributed by atoms with van der Waals surface area (Å²) in [5, 5.41) is 7.49. The molecule has 1 aromatic heterocycles. The number of hydrogen-bond donors (Lipinski definition) is 1. The molecule has 0 saturated carbocycles. The Morgan fingerprint density at radius 3 is 3.16 bits per heavy atom. The van der Waals surface area contributed by atoms with Gasteiger partial charge in [0.25, 0.3) is 5.56 Å². The SMILES string of the molecule is CCCn1ncc(NCCC2CCCO2)c(Cl)c1=O. The first-order valence-corrected chi connectivity index (χ1v) is 7.21. The number of nitrogens with one attached hydrogen (secondary N) is 1. The number of ether oxygens (including phenoxy) is 1. The van der Waals surface area contributed by atoms with Gasteiger partial charge in [-0.3, -0.25) is 4.79 Å². The average molecular weight is 286 g/mol. The van der Waals surface area contributed by atoms with Crippen LogP contribution in [0.1, 0.15) is 32.6 Å². The first-order chi connectivity index (χ1) is 9.22. The molecule has 2 rings (SSSR count). The Hall–Kier alpha value is -1.07. The molecule has 0 aliphatic carbocycles. The quantitative estimate of drug-likeness (QED) is 0.871. The predicted octanol–water partition coefficient (Wildman–Crippen LogP) is 2.29. The number of aromatic nitrogens is 2. The molecule has 1 aromatic rings. The normalized spacial score (nSPS) is 18.7. The molecule has 1 atom stereocenters. The lowest BCUT2D eigenvalue weighted by atomic mass is 10.2. The zero-order valence-corrected chi connectivity index (χ0v) is 11.9. The summed E-state index contributed by atoms with van der Waals surface area (Å²) in [5.74, 6) is 0. The van der Waals surface area contributed by atoms with Crippen LogP contribution < -0.4 is 10.9 Å². The summed E-state index contributed by atoms with van der Waals surface area (Å²) in [4.78, 5) is 11.9. The molecule has 6 heteroatoms. The maximum absolute atomic E-state index is 11.9. The van der Waals surface area contributed by atoms with Gasteiger partial charge in [-0.1, -0.05) is 18.5 Å². The van der Waals surface area contributed by atoms with Crippen molar-refractivity contribution in [1.29, 1.82) is 0 Å². The number of anilines is 1. The average Bonchev–Trinajstić information content (AvgIpc) is 2.91. The van der Waals surface area contributed by atoms with Gasteiger partial charge >= 0.3 is 0 Å². The molecule has 1 aliphatic heterocycles. The van der Waals surface area contributed by atoms with Gasteiger partial charge in [0, 0.05) is 19.7 Å². The second kappa shape index (κ2) is 6.91. The second-order valence-electron chi connectivity index (χ2n) is 4.75. The molecule has 5 nitrogen and oxygen atoms in total. The lowest BCUT2D eigenvalue weighted by molar-refractivity contribution is 0.107. The van der Waals surface area contributed by atoms with Gasteiger partial charge in [0.05, 0.1) is 18.0 Å². The number of aryl methyl sites for hydroxylation is 1. The van der Waals surface area contributed by atoms with E-state index in [1.807, 2.05) is 6.92 Å². The van der Waals surface area contributed by atoms with Crippen LogP contribution in [0, 0.1) is 0 Å². The first kappa shape index (κ1) is 14.3. The summed E-state index contributed by atoms with van der Waals surface area (Å²) >= 11 is 6.06. The largest absolute Gasteiger partial charge is 0.382 e. The highest BCUT2D eigenvalue weighted by Crippen LogP contribution is 2.18. The van der Waals surface area contributed by atoms with E-state index in [4.69, 9.17) is 16.3 Å². The lowest BCUT2D eigenvalue weighted by Crippen LogP contribution is -2.24. The third kappa shape index (κ3) is 3.70. The van der Waals surface area contributed by atoms with E-state index in [0.717, 1.165) is 38.8 Å². The van der Waals surface area contributed by atoms with Crippen LogP contribution in [0.3, 0.4) is 0 Å². The first-order valence-electron chi connectivity index (χ1n) is 6.83. The van der Waals surface area contributed by atoms with E-state index in [9.17, 15) is 4.79 Å². The van der Waals surface area contributed by atoms with Gasteiger partial charge in [0.2, 0.25) is 0 Å². The lowest BCUT2D eigenvalue weighted by Gasteiger charge is -2.12. The predicted molar refractivity (Wildman–Crippen MR) is 75.9 cm³/mol. The topological polar surface area (TPSA) is 56.1 Å². The molecule has 19 heavy (non-hydrogen) atoms. The Kier molecular flexibility index (Phi) is 5.22. The molecule has 0 bridgehead atoms. The summed E-state index contributed by atoms with van der Waals surface area (Å²) in [5.41, 5.74) is 0.377. The fourth-order valence-electron chi connectivity index (χ4n) is 2.20. The molecular weight excluding hydrogens is 266 g/mol. The van der Waals surface area contributed by atoms with Crippen LogP contribution in [-0.4, -0.2) is 29.0 Å². The summed E-state index contributed by atoms with van der Waals surface area (Å²) in [6.07, 6.45) is 5.99. The molecule has 2 heterocycles. The van der Waals surface area contributed by atoms with E-state index in [1.165, 1.54) is 4.68 Å². The van der Waals surface area contributed by atoms with Gasteiger partial charge in [-0.05, 0) is 25.7 Å². The number of hydrogen-bond acceptors (Lipinski definition) is 4. The molecular formula is C13H20ClN3O2.